The molecule has 2 heterocycles. The summed E-state index contributed by atoms with van der Waals surface area (Å²) in [5.41, 5.74) is 0.819. The normalized spacial score (nSPS) is 19.0. The molecule has 0 aliphatic carbocycles. The van der Waals surface area contributed by atoms with Gasteiger partial charge in [0.15, 0.2) is 0 Å². The predicted molar refractivity (Wildman–Crippen MR) is 115 cm³/mol. The Morgan fingerprint density at radius 3 is 2.44 bits per heavy atom. The van der Waals surface area contributed by atoms with Gasteiger partial charge >= 0.3 is 5.97 Å². The summed E-state index contributed by atoms with van der Waals surface area (Å²) in [4.78, 5) is 53.2. The maximum Gasteiger partial charge on any atom is 0.317 e. The fourth-order valence-corrected chi connectivity index (χ4v) is 4.04. The van der Waals surface area contributed by atoms with Crippen molar-refractivity contribution in [2.24, 2.45) is 11.8 Å². The first-order valence-electron chi connectivity index (χ1n) is 11.0. The molecule has 182 valence electrons. The second-order valence-corrected chi connectivity index (χ2v) is 8.09. The van der Waals surface area contributed by atoms with E-state index in [1.807, 2.05) is 6.92 Å². The molecule has 3 atom stereocenters. The summed E-state index contributed by atoms with van der Waals surface area (Å²) in [6.45, 7) is 3.27. The number of carbonyl (C=O) groups is 4. The van der Waals surface area contributed by atoms with Crippen molar-refractivity contribution >= 4 is 23.4 Å². The predicted octanol–water partition coefficient (Wildman–Crippen LogP) is 2.48. The smallest absolute Gasteiger partial charge is 0.317 e. The molecule has 0 radical (unpaired) electrons. The summed E-state index contributed by atoms with van der Waals surface area (Å²) in [5, 5.41) is 8.15. The number of halogens is 2. The van der Waals surface area contributed by atoms with Crippen molar-refractivity contribution in [3.05, 3.63) is 42.2 Å². The topological polar surface area (TPSA) is 111 Å². The van der Waals surface area contributed by atoms with Crippen LogP contribution < -0.4 is 0 Å². The number of ketones is 2. The monoisotopic (exact) mass is 476 g/mol. The molecule has 0 saturated carbocycles. The Bertz CT molecular complexity index is 1040. The van der Waals surface area contributed by atoms with E-state index in [0.717, 1.165) is 0 Å². The fourth-order valence-electron chi connectivity index (χ4n) is 4.04. The van der Waals surface area contributed by atoms with Crippen LogP contribution in [-0.2, 0) is 19.1 Å². The summed E-state index contributed by atoms with van der Waals surface area (Å²) in [5.74, 6) is -6.19. The number of Topliss-reactive ketones (excluding diaryl/α,β-unsaturated/α-hetero) is 2. The maximum atomic E-state index is 13.4. The summed E-state index contributed by atoms with van der Waals surface area (Å²) < 4.78 is 30.7. The Morgan fingerprint density at radius 1 is 1.12 bits per heavy atom. The number of nitrogens with zero attached hydrogens (tertiary/aromatic N) is 4. The zero-order valence-corrected chi connectivity index (χ0v) is 18.9. The highest BCUT2D eigenvalue weighted by Crippen LogP contribution is 2.28. The second-order valence-electron chi connectivity index (χ2n) is 8.09. The zero-order chi connectivity index (χ0) is 24.8. The van der Waals surface area contributed by atoms with Gasteiger partial charge in [-0.3, -0.25) is 19.2 Å². The van der Waals surface area contributed by atoms with Crippen molar-refractivity contribution in [2.75, 3.05) is 13.2 Å². The number of alkyl halides is 2. The minimum Gasteiger partial charge on any atom is -0.465 e. The standard InChI is InChI=1S/C23H26F2N4O5/c1-3-34-23(33)17(20(31)21(24)25)12-19(30)15-9-8-14(2)28(13-15)22(32)16-6-4-5-7-18(16)29-26-10-11-27-29/h4-7,10-11,14-15,17,21H,3,8-9,12-13H2,1-2H3/t14-,15-,17?/m1/s1. The highest BCUT2D eigenvalue weighted by molar-refractivity contribution is 6.04. The number of piperidine rings is 1. The van der Waals surface area contributed by atoms with Gasteiger partial charge in [-0.15, -0.1) is 0 Å². The third-order valence-corrected chi connectivity index (χ3v) is 5.90. The van der Waals surface area contributed by atoms with Crippen LogP contribution in [0.3, 0.4) is 0 Å². The molecule has 0 N–H and O–H groups in total. The second kappa shape index (κ2) is 11.1. The number of carbonyl (C=O) groups excluding carboxylic acids is 4. The zero-order valence-electron chi connectivity index (χ0n) is 18.9. The highest BCUT2D eigenvalue weighted by Gasteiger charge is 2.39. The van der Waals surface area contributed by atoms with E-state index in [1.165, 1.54) is 24.1 Å². The van der Waals surface area contributed by atoms with Crippen LogP contribution in [0.4, 0.5) is 8.78 Å². The molecule has 0 spiro atoms. The maximum absolute atomic E-state index is 13.4. The van der Waals surface area contributed by atoms with E-state index in [0.29, 0.717) is 24.1 Å². The highest BCUT2D eigenvalue weighted by atomic mass is 19.3. The molecule has 1 saturated heterocycles. The molecule has 0 bridgehead atoms. The van der Waals surface area contributed by atoms with Gasteiger partial charge in [-0.1, -0.05) is 12.1 Å². The van der Waals surface area contributed by atoms with E-state index < -0.39 is 42.2 Å². The number of esters is 1. The molecule has 1 aromatic heterocycles. The third kappa shape index (κ3) is 5.52. The van der Waals surface area contributed by atoms with E-state index in [4.69, 9.17) is 4.74 Å². The molecule has 9 nitrogen and oxygen atoms in total. The van der Waals surface area contributed by atoms with Crippen molar-refractivity contribution < 1.29 is 32.7 Å². The lowest BCUT2D eigenvalue weighted by Gasteiger charge is -2.38. The molecule has 1 amide bonds. The van der Waals surface area contributed by atoms with E-state index in [9.17, 15) is 28.0 Å². The van der Waals surface area contributed by atoms with Crippen LogP contribution in [0.1, 0.15) is 43.5 Å². The van der Waals surface area contributed by atoms with Crippen molar-refractivity contribution in [1.29, 1.82) is 0 Å². The number of rotatable bonds is 9. The number of aromatic nitrogens is 3. The molecule has 11 heteroatoms. The number of hydrogen-bond acceptors (Lipinski definition) is 7. The van der Waals surface area contributed by atoms with Crippen LogP contribution in [0.5, 0.6) is 0 Å². The molecular formula is C23H26F2N4O5. The average molecular weight is 476 g/mol. The Labute approximate surface area is 195 Å². The van der Waals surface area contributed by atoms with Crippen LogP contribution >= 0.6 is 0 Å². The third-order valence-electron chi connectivity index (χ3n) is 5.90. The molecule has 1 unspecified atom stereocenters. The molecule has 1 aliphatic heterocycles. The van der Waals surface area contributed by atoms with Crippen molar-refractivity contribution in [2.45, 2.75) is 45.6 Å². The van der Waals surface area contributed by atoms with E-state index in [-0.39, 0.29) is 25.1 Å². The van der Waals surface area contributed by atoms with E-state index in [1.54, 1.807) is 29.2 Å². The summed E-state index contributed by atoms with van der Waals surface area (Å²) in [7, 11) is 0. The molecular weight excluding hydrogens is 450 g/mol. The first kappa shape index (κ1) is 25.1. The van der Waals surface area contributed by atoms with Gasteiger partial charge in [-0.05, 0) is 38.8 Å². The molecule has 1 fully saturated rings. The first-order chi connectivity index (χ1) is 16.2. The van der Waals surface area contributed by atoms with Crippen LogP contribution in [0.25, 0.3) is 5.69 Å². The van der Waals surface area contributed by atoms with Crippen LogP contribution in [0, 0.1) is 11.8 Å². The van der Waals surface area contributed by atoms with Crippen molar-refractivity contribution in [3.63, 3.8) is 0 Å². The average Bonchev–Trinajstić information content (AvgIpc) is 3.36. The van der Waals surface area contributed by atoms with Gasteiger partial charge in [0.1, 0.15) is 11.7 Å². The lowest BCUT2D eigenvalue weighted by molar-refractivity contribution is -0.157. The fraction of sp³-hybridized carbons (Fsp3) is 0.478. The minimum atomic E-state index is -3.39. The number of ether oxygens (including phenoxy) is 1. The minimum absolute atomic E-state index is 0.0398. The number of amides is 1. The van der Waals surface area contributed by atoms with Gasteiger partial charge in [0.05, 0.1) is 30.3 Å². The lowest BCUT2D eigenvalue weighted by atomic mass is 9.85. The van der Waals surface area contributed by atoms with Gasteiger partial charge in [-0.25, -0.2) is 8.78 Å². The Balaban J connectivity index is 1.78. The van der Waals surface area contributed by atoms with Gasteiger partial charge in [0.2, 0.25) is 5.78 Å². The van der Waals surface area contributed by atoms with Gasteiger partial charge in [-0.2, -0.15) is 15.0 Å². The first-order valence-corrected chi connectivity index (χ1v) is 11.0. The number of hydrogen-bond donors (Lipinski definition) is 0. The molecule has 1 aromatic carbocycles. The van der Waals surface area contributed by atoms with Gasteiger partial charge < -0.3 is 9.64 Å². The largest absolute Gasteiger partial charge is 0.465 e. The lowest BCUT2D eigenvalue weighted by Crippen LogP contribution is -2.48. The van der Waals surface area contributed by atoms with E-state index >= 15 is 0 Å². The molecule has 34 heavy (non-hydrogen) atoms. The summed E-state index contributed by atoms with van der Waals surface area (Å²) >= 11 is 0. The molecule has 1 aliphatic rings. The van der Waals surface area contributed by atoms with Gasteiger partial charge in [0, 0.05) is 24.9 Å². The van der Waals surface area contributed by atoms with Crippen LogP contribution in [0.15, 0.2) is 36.7 Å². The number of benzene rings is 1. The Morgan fingerprint density at radius 2 is 1.79 bits per heavy atom. The quantitative estimate of drug-likeness (QED) is 0.404. The van der Waals surface area contributed by atoms with Crippen LogP contribution in [-0.4, -0.2) is 69.0 Å². The summed E-state index contributed by atoms with van der Waals surface area (Å²) in [6, 6.07) is 6.61. The summed E-state index contributed by atoms with van der Waals surface area (Å²) in [6.07, 6.45) is -0.196. The Kier molecular flexibility index (Phi) is 8.19. The molecule has 3 rings (SSSR count). The SMILES string of the molecule is CCOC(=O)C(CC(=O)[C@@H]1CC[C@@H](C)N(C(=O)c2ccccc2-n2nccn2)C1)C(=O)C(F)F. The Hall–Kier alpha value is -3.50. The van der Waals surface area contributed by atoms with E-state index in [2.05, 4.69) is 10.2 Å². The molecule has 2 aromatic rings. The number of para-hydroxylation sites is 1. The van der Waals surface area contributed by atoms with Crippen molar-refractivity contribution in [1.82, 2.24) is 19.9 Å². The van der Waals surface area contributed by atoms with Gasteiger partial charge in [0.25, 0.3) is 12.3 Å². The number of likely N-dealkylation sites (tertiary alicyclic amines) is 1. The van der Waals surface area contributed by atoms with Crippen molar-refractivity contribution in [3.8, 4) is 5.69 Å². The van der Waals surface area contributed by atoms with Crippen LogP contribution in [0.2, 0.25) is 0 Å².